The minimum Gasteiger partial charge on any atom is -0.248 e. The van der Waals surface area contributed by atoms with Crippen molar-refractivity contribution in [2.45, 2.75) is 6.92 Å². The van der Waals surface area contributed by atoms with Gasteiger partial charge < -0.3 is 0 Å². The molecule has 0 aliphatic heterocycles. The molecule has 0 bridgehead atoms. The molecular weight excluding hydrogens is 363 g/mol. The van der Waals surface area contributed by atoms with E-state index in [9.17, 15) is 4.39 Å². The summed E-state index contributed by atoms with van der Waals surface area (Å²) < 4.78 is 16.6. The number of nitrogens with one attached hydrogen (secondary N) is 1. The molecule has 2 heterocycles. The Balaban J connectivity index is 1.79. The van der Waals surface area contributed by atoms with E-state index >= 15 is 0 Å². The molecule has 0 unspecified atom stereocenters. The van der Waals surface area contributed by atoms with Crippen molar-refractivity contribution in [1.82, 2.24) is 24.7 Å². The number of H-pyrrole nitrogens is 1. The Kier molecular flexibility index (Phi) is 4.47. The topological polar surface area (TPSA) is 63.8 Å². The van der Waals surface area contributed by atoms with Crippen molar-refractivity contribution in [3.63, 3.8) is 0 Å². The number of aromatic nitrogens is 5. The van der Waals surface area contributed by atoms with Crippen LogP contribution in [0.25, 0.3) is 17.2 Å². The zero-order valence-corrected chi connectivity index (χ0v) is 15.2. The van der Waals surface area contributed by atoms with Crippen LogP contribution in [0, 0.1) is 17.5 Å². The predicted octanol–water partition coefficient (Wildman–Crippen LogP) is 4.12. The summed E-state index contributed by atoms with van der Waals surface area (Å²) in [7, 11) is 0. The Morgan fingerprint density at radius 1 is 1.11 bits per heavy atom. The van der Waals surface area contributed by atoms with Gasteiger partial charge in [-0.05, 0) is 42.9 Å². The molecule has 0 amide bonds. The summed E-state index contributed by atoms with van der Waals surface area (Å²) in [5, 5.41) is 16.0. The highest BCUT2D eigenvalue weighted by molar-refractivity contribution is 7.71. The molecule has 0 saturated heterocycles. The van der Waals surface area contributed by atoms with E-state index in [1.807, 2.05) is 43.3 Å². The highest BCUT2D eigenvalue weighted by atomic mass is 32.1. The van der Waals surface area contributed by atoms with E-state index in [0.29, 0.717) is 10.7 Å². The van der Waals surface area contributed by atoms with Crippen LogP contribution in [-0.4, -0.2) is 30.9 Å². The van der Waals surface area contributed by atoms with Gasteiger partial charge in [0.2, 0.25) is 4.77 Å². The molecule has 2 aromatic heterocycles. The van der Waals surface area contributed by atoms with Gasteiger partial charge in [0.1, 0.15) is 5.82 Å². The van der Waals surface area contributed by atoms with Gasteiger partial charge in [-0.3, -0.25) is 0 Å². The minimum atomic E-state index is -0.299. The first kappa shape index (κ1) is 17.0. The van der Waals surface area contributed by atoms with Crippen LogP contribution in [-0.2, 0) is 0 Å². The van der Waals surface area contributed by atoms with Crippen molar-refractivity contribution < 1.29 is 4.39 Å². The molecule has 134 valence electrons. The summed E-state index contributed by atoms with van der Waals surface area (Å²) in [6.07, 6.45) is 1.59. The van der Waals surface area contributed by atoms with Gasteiger partial charge in [0.05, 0.1) is 17.6 Å². The summed E-state index contributed by atoms with van der Waals surface area (Å²) in [5.41, 5.74) is 3.46. The normalized spacial score (nSPS) is 11.3. The molecule has 8 heteroatoms. The van der Waals surface area contributed by atoms with Crippen LogP contribution < -0.4 is 0 Å². The average Bonchev–Trinajstić information content (AvgIpc) is 3.24. The Morgan fingerprint density at radius 2 is 1.85 bits per heavy atom. The first-order valence-electron chi connectivity index (χ1n) is 8.21. The van der Waals surface area contributed by atoms with Gasteiger partial charge in [-0.2, -0.15) is 19.6 Å². The molecule has 0 atom stereocenters. The first-order valence-corrected chi connectivity index (χ1v) is 8.62. The molecular formula is C19H15FN6S. The monoisotopic (exact) mass is 378 g/mol. The number of aryl methyl sites for hydroxylation is 1. The maximum Gasteiger partial charge on any atom is 0.272 e. The molecule has 6 nitrogen and oxygen atoms in total. The number of benzene rings is 2. The van der Waals surface area contributed by atoms with Gasteiger partial charge in [0.15, 0.2) is 0 Å². The molecule has 0 aliphatic carbocycles. The standard InChI is InChI=1S/C19H15FN6S/c1-13-11-17(15-5-3-2-4-6-15)25(24-13)18-22-23-19(27)26(18)21-12-14-7-9-16(20)10-8-14/h2-12H,1H3,(H,23,27)/b21-12+. The quantitative estimate of drug-likeness (QED) is 0.429. The average molecular weight is 378 g/mol. The smallest absolute Gasteiger partial charge is 0.248 e. The van der Waals surface area contributed by atoms with Crippen LogP contribution >= 0.6 is 12.2 Å². The summed E-state index contributed by atoms with van der Waals surface area (Å²) in [6, 6.07) is 17.9. The van der Waals surface area contributed by atoms with E-state index < -0.39 is 0 Å². The lowest BCUT2D eigenvalue weighted by atomic mass is 10.1. The highest BCUT2D eigenvalue weighted by Gasteiger charge is 2.15. The number of hydrogen-bond acceptors (Lipinski definition) is 4. The van der Waals surface area contributed by atoms with Crippen molar-refractivity contribution in [1.29, 1.82) is 0 Å². The predicted molar refractivity (Wildman–Crippen MR) is 104 cm³/mol. The third kappa shape index (κ3) is 3.47. The second-order valence-corrected chi connectivity index (χ2v) is 6.27. The van der Waals surface area contributed by atoms with Crippen LogP contribution in [0.5, 0.6) is 0 Å². The molecule has 0 fully saturated rings. The van der Waals surface area contributed by atoms with Crippen LogP contribution in [0.4, 0.5) is 4.39 Å². The van der Waals surface area contributed by atoms with Gasteiger partial charge in [-0.25, -0.2) is 9.49 Å². The zero-order chi connectivity index (χ0) is 18.8. The van der Waals surface area contributed by atoms with E-state index in [0.717, 1.165) is 22.5 Å². The van der Waals surface area contributed by atoms with Crippen LogP contribution in [0.2, 0.25) is 0 Å². The Morgan fingerprint density at radius 3 is 2.59 bits per heavy atom. The van der Waals surface area contributed by atoms with Crippen LogP contribution in [0.3, 0.4) is 0 Å². The third-order valence-corrected chi connectivity index (χ3v) is 4.18. The van der Waals surface area contributed by atoms with Gasteiger partial charge in [0.25, 0.3) is 5.95 Å². The van der Waals surface area contributed by atoms with Crippen molar-refractivity contribution >= 4 is 18.4 Å². The van der Waals surface area contributed by atoms with E-state index in [-0.39, 0.29) is 5.82 Å². The zero-order valence-electron chi connectivity index (χ0n) is 14.4. The van der Waals surface area contributed by atoms with E-state index in [1.165, 1.54) is 16.8 Å². The summed E-state index contributed by atoms with van der Waals surface area (Å²) >= 11 is 5.31. The van der Waals surface area contributed by atoms with Gasteiger partial charge in [-0.1, -0.05) is 42.5 Å². The molecule has 0 spiro atoms. The number of halogens is 1. The lowest BCUT2D eigenvalue weighted by molar-refractivity contribution is 0.628. The summed E-state index contributed by atoms with van der Waals surface area (Å²) in [5.74, 6) is 0.137. The molecule has 0 radical (unpaired) electrons. The third-order valence-electron chi connectivity index (χ3n) is 3.92. The van der Waals surface area contributed by atoms with E-state index in [1.54, 1.807) is 23.0 Å². The number of hydrogen-bond donors (Lipinski definition) is 1. The summed E-state index contributed by atoms with van der Waals surface area (Å²) in [6.45, 7) is 1.91. The van der Waals surface area contributed by atoms with Crippen molar-refractivity contribution in [2.24, 2.45) is 5.10 Å². The Bertz CT molecular complexity index is 1160. The molecule has 27 heavy (non-hydrogen) atoms. The summed E-state index contributed by atoms with van der Waals surface area (Å²) in [4.78, 5) is 0. The van der Waals surface area contributed by atoms with Crippen LogP contribution in [0.15, 0.2) is 65.8 Å². The Hall–Kier alpha value is -3.39. The second-order valence-electron chi connectivity index (χ2n) is 5.89. The molecule has 4 aromatic rings. The second kappa shape index (κ2) is 7.08. The molecule has 0 aliphatic rings. The van der Waals surface area contributed by atoms with Gasteiger partial charge in [0, 0.05) is 5.56 Å². The highest BCUT2D eigenvalue weighted by Crippen LogP contribution is 2.23. The Labute approximate surface area is 159 Å². The lowest BCUT2D eigenvalue weighted by Crippen LogP contribution is -2.07. The SMILES string of the molecule is Cc1cc(-c2ccccc2)n(-c2n[nH]c(=S)n2/N=C/c2ccc(F)cc2)n1. The number of rotatable bonds is 4. The van der Waals surface area contributed by atoms with E-state index in [2.05, 4.69) is 20.4 Å². The van der Waals surface area contributed by atoms with Gasteiger partial charge >= 0.3 is 0 Å². The maximum absolute atomic E-state index is 13.1. The largest absolute Gasteiger partial charge is 0.272 e. The van der Waals surface area contributed by atoms with Crippen molar-refractivity contribution in [2.75, 3.05) is 0 Å². The first-order chi connectivity index (χ1) is 13.1. The molecule has 4 rings (SSSR count). The van der Waals surface area contributed by atoms with Crippen LogP contribution in [0.1, 0.15) is 11.3 Å². The fourth-order valence-electron chi connectivity index (χ4n) is 2.66. The lowest BCUT2D eigenvalue weighted by Gasteiger charge is -2.06. The van der Waals surface area contributed by atoms with Crippen molar-refractivity contribution in [3.05, 3.63) is 82.5 Å². The maximum atomic E-state index is 13.1. The fraction of sp³-hybridized carbons (Fsp3) is 0.0526. The van der Waals surface area contributed by atoms with E-state index in [4.69, 9.17) is 12.2 Å². The molecule has 0 saturated carbocycles. The minimum absolute atomic E-state index is 0.299. The molecule has 1 N–H and O–H groups in total. The number of aromatic amines is 1. The fourth-order valence-corrected chi connectivity index (χ4v) is 2.84. The van der Waals surface area contributed by atoms with Crippen molar-refractivity contribution in [3.8, 4) is 17.2 Å². The van der Waals surface area contributed by atoms with Gasteiger partial charge in [-0.15, -0.1) is 5.10 Å². The number of nitrogens with zero attached hydrogens (tertiary/aromatic N) is 5. The molecule has 2 aromatic carbocycles.